The van der Waals surface area contributed by atoms with E-state index in [2.05, 4.69) is 60.7 Å². The molecule has 0 saturated heterocycles. The quantitative estimate of drug-likeness (QED) is 0.599. The second kappa shape index (κ2) is 11.0. The molecule has 2 heteroatoms. The van der Waals surface area contributed by atoms with Gasteiger partial charge in [-0.3, -0.25) is 0 Å². The monoisotopic (exact) mass is 324 g/mol. The van der Waals surface area contributed by atoms with Crippen molar-refractivity contribution in [2.75, 3.05) is 0 Å². The second-order valence-electron chi connectivity index (χ2n) is 6.89. The SMILES string of the molecule is NC(CCCCCCC(N)Cc1ccccc1)Cc1ccccc1. The zero-order valence-electron chi connectivity index (χ0n) is 14.7. The Labute approximate surface area is 147 Å². The zero-order chi connectivity index (χ0) is 17.0. The van der Waals surface area contributed by atoms with Gasteiger partial charge in [-0.25, -0.2) is 0 Å². The van der Waals surface area contributed by atoms with Gasteiger partial charge in [0.2, 0.25) is 0 Å². The first-order valence-corrected chi connectivity index (χ1v) is 9.33. The van der Waals surface area contributed by atoms with Crippen LogP contribution in [0.1, 0.15) is 49.7 Å². The van der Waals surface area contributed by atoms with Crippen LogP contribution in [0.25, 0.3) is 0 Å². The van der Waals surface area contributed by atoms with Crippen molar-refractivity contribution in [3.63, 3.8) is 0 Å². The first kappa shape index (κ1) is 18.7. The summed E-state index contributed by atoms with van der Waals surface area (Å²) in [5.74, 6) is 0. The highest BCUT2D eigenvalue weighted by Crippen LogP contribution is 2.12. The lowest BCUT2D eigenvalue weighted by atomic mass is 9.98. The Morgan fingerprint density at radius 3 is 1.29 bits per heavy atom. The molecule has 0 aliphatic rings. The van der Waals surface area contributed by atoms with Gasteiger partial charge in [0.1, 0.15) is 0 Å². The number of benzene rings is 2. The molecule has 4 N–H and O–H groups in total. The number of nitrogens with two attached hydrogens (primary N) is 2. The fourth-order valence-electron chi connectivity index (χ4n) is 3.20. The number of hydrogen-bond donors (Lipinski definition) is 2. The van der Waals surface area contributed by atoms with E-state index in [1.165, 1.54) is 36.8 Å². The van der Waals surface area contributed by atoms with Gasteiger partial charge in [0.05, 0.1) is 0 Å². The predicted octanol–water partition coefficient (Wildman–Crippen LogP) is 4.47. The summed E-state index contributed by atoms with van der Waals surface area (Å²) in [4.78, 5) is 0. The summed E-state index contributed by atoms with van der Waals surface area (Å²) in [6.45, 7) is 0. The second-order valence-corrected chi connectivity index (χ2v) is 6.89. The molecule has 24 heavy (non-hydrogen) atoms. The number of hydrogen-bond acceptors (Lipinski definition) is 2. The van der Waals surface area contributed by atoms with Gasteiger partial charge in [-0.05, 0) is 36.8 Å². The number of rotatable bonds is 11. The minimum atomic E-state index is 0.285. The molecular formula is C22H32N2. The minimum Gasteiger partial charge on any atom is -0.327 e. The third-order valence-corrected chi connectivity index (χ3v) is 4.58. The van der Waals surface area contributed by atoms with Crippen LogP contribution in [0.2, 0.25) is 0 Å². The van der Waals surface area contributed by atoms with Gasteiger partial charge >= 0.3 is 0 Å². The number of unbranched alkanes of at least 4 members (excludes halogenated alkanes) is 3. The smallest absolute Gasteiger partial charge is 0.00793 e. The van der Waals surface area contributed by atoms with Gasteiger partial charge in [-0.1, -0.05) is 86.3 Å². The molecule has 0 aliphatic carbocycles. The summed E-state index contributed by atoms with van der Waals surface area (Å²) in [6, 6.07) is 21.7. The predicted molar refractivity (Wildman–Crippen MR) is 104 cm³/mol. The summed E-state index contributed by atoms with van der Waals surface area (Å²) < 4.78 is 0. The third-order valence-electron chi connectivity index (χ3n) is 4.58. The van der Waals surface area contributed by atoms with E-state index in [-0.39, 0.29) is 12.1 Å². The third kappa shape index (κ3) is 7.76. The maximum atomic E-state index is 6.23. The molecule has 0 aromatic heterocycles. The van der Waals surface area contributed by atoms with Gasteiger partial charge in [-0.15, -0.1) is 0 Å². The van der Waals surface area contributed by atoms with Crippen molar-refractivity contribution < 1.29 is 0 Å². The molecule has 0 radical (unpaired) electrons. The average molecular weight is 325 g/mol. The van der Waals surface area contributed by atoms with E-state index in [4.69, 9.17) is 11.5 Å². The van der Waals surface area contributed by atoms with Crippen LogP contribution in [0.4, 0.5) is 0 Å². The van der Waals surface area contributed by atoms with Gasteiger partial charge < -0.3 is 11.5 Å². The molecule has 0 amide bonds. The molecule has 0 bridgehead atoms. The fraction of sp³-hybridized carbons (Fsp3) is 0.455. The molecule has 0 fully saturated rings. The first-order chi connectivity index (χ1) is 11.7. The highest BCUT2D eigenvalue weighted by molar-refractivity contribution is 5.16. The van der Waals surface area contributed by atoms with Gasteiger partial charge in [0, 0.05) is 12.1 Å². The van der Waals surface area contributed by atoms with Crippen molar-refractivity contribution in [1.29, 1.82) is 0 Å². The van der Waals surface area contributed by atoms with Crippen LogP contribution in [0.3, 0.4) is 0 Å². The molecule has 2 nitrogen and oxygen atoms in total. The van der Waals surface area contributed by atoms with E-state index < -0.39 is 0 Å². The Balaban J connectivity index is 1.49. The molecule has 130 valence electrons. The molecule has 0 aliphatic heterocycles. The van der Waals surface area contributed by atoms with Crippen LogP contribution in [-0.2, 0) is 12.8 Å². The zero-order valence-corrected chi connectivity index (χ0v) is 14.7. The summed E-state index contributed by atoms with van der Waals surface area (Å²) in [5.41, 5.74) is 15.2. The Morgan fingerprint density at radius 1 is 0.542 bits per heavy atom. The normalized spacial score (nSPS) is 13.6. The van der Waals surface area contributed by atoms with Crippen molar-refractivity contribution in [2.45, 2.75) is 63.5 Å². The summed E-state index contributed by atoms with van der Waals surface area (Å²) in [7, 11) is 0. The van der Waals surface area contributed by atoms with Gasteiger partial charge in [0.15, 0.2) is 0 Å². The fourth-order valence-corrected chi connectivity index (χ4v) is 3.20. The van der Waals surface area contributed by atoms with E-state index in [9.17, 15) is 0 Å². The first-order valence-electron chi connectivity index (χ1n) is 9.33. The standard InChI is InChI=1S/C22H32N2/c23-21(17-19-11-5-3-6-12-19)15-9-1-2-10-16-22(24)18-20-13-7-4-8-14-20/h3-8,11-14,21-22H,1-2,9-10,15-18,23-24H2. The summed E-state index contributed by atoms with van der Waals surface area (Å²) in [5, 5.41) is 0. The molecule has 2 atom stereocenters. The maximum absolute atomic E-state index is 6.23. The van der Waals surface area contributed by atoms with Crippen molar-refractivity contribution in [2.24, 2.45) is 11.5 Å². The van der Waals surface area contributed by atoms with Crippen molar-refractivity contribution in [3.05, 3.63) is 71.8 Å². The van der Waals surface area contributed by atoms with E-state index in [1.54, 1.807) is 0 Å². The van der Waals surface area contributed by atoms with Gasteiger partial charge in [0.25, 0.3) is 0 Å². The van der Waals surface area contributed by atoms with Crippen molar-refractivity contribution in [3.8, 4) is 0 Å². The van der Waals surface area contributed by atoms with Crippen LogP contribution in [-0.4, -0.2) is 12.1 Å². The Bertz CT molecular complexity index is 487. The Hall–Kier alpha value is -1.64. The van der Waals surface area contributed by atoms with E-state index in [1.807, 2.05) is 0 Å². The molecule has 2 aromatic carbocycles. The lowest BCUT2D eigenvalue weighted by molar-refractivity contribution is 0.510. The summed E-state index contributed by atoms with van der Waals surface area (Å²) in [6.07, 6.45) is 9.19. The van der Waals surface area contributed by atoms with Crippen molar-refractivity contribution in [1.82, 2.24) is 0 Å². The van der Waals surface area contributed by atoms with E-state index in [0.717, 1.165) is 25.7 Å². The molecule has 2 unspecified atom stereocenters. The van der Waals surface area contributed by atoms with E-state index >= 15 is 0 Å². The highest BCUT2D eigenvalue weighted by atomic mass is 14.6. The molecule has 2 aromatic rings. The van der Waals surface area contributed by atoms with Crippen LogP contribution in [0.15, 0.2) is 60.7 Å². The lowest BCUT2D eigenvalue weighted by Crippen LogP contribution is -2.23. The van der Waals surface area contributed by atoms with Crippen LogP contribution in [0.5, 0.6) is 0 Å². The van der Waals surface area contributed by atoms with Crippen molar-refractivity contribution >= 4 is 0 Å². The topological polar surface area (TPSA) is 52.0 Å². The molecular weight excluding hydrogens is 292 g/mol. The average Bonchev–Trinajstić information content (AvgIpc) is 2.60. The van der Waals surface area contributed by atoms with Crippen LogP contribution < -0.4 is 11.5 Å². The molecule has 2 rings (SSSR count). The van der Waals surface area contributed by atoms with Crippen LogP contribution in [0, 0.1) is 0 Å². The Kier molecular flexibility index (Phi) is 8.58. The highest BCUT2D eigenvalue weighted by Gasteiger charge is 2.05. The molecule has 0 saturated carbocycles. The lowest BCUT2D eigenvalue weighted by Gasteiger charge is -2.13. The molecule has 0 spiro atoms. The van der Waals surface area contributed by atoms with Gasteiger partial charge in [-0.2, -0.15) is 0 Å². The Morgan fingerprint density at radius 2 is 0.917 bits per heavy atom. The summed E-state index contributed by atoms with van der Waals surface area (Å²) >= 11 is 0. The molecule has 0 heterocycles. The van der Waals surface area contributed by atoms with E-state index in [0.29, 0.717) is 0 Å². The maximum Gasteiger partial charge on any atom is 0.00793 e. The minimum absolute atomic E-state index is 0.285. The van der Waals surface area contributed by atoms with Crippen LogP contribution >= 0.6 is 0 Å². The largest absolute Gasteiger partial charge is 0.327 e.